The number of aromatic nitrogens is 4. The first-order chi connectivity index (χ1) is 10.9. The molecule has 0 amide bonds. The Bertz CT molecular complexity index is 980. The molecule has 1 aliphatic heterocycles. The summed E-state index contributed by atoms with van der Waals surface area (Å²) in [5.41, 5.74) is 5.39. The monoisotopic (exact) mass is 408 g/mol. The molecule has 0 spiro atoms. The molecule has 10 heteroatoms. The van der Waals surface area contributed by atoms with E-state index in [4.69, 9.17) is 0 Å². The van der Waals surface area contributed by atoms with Crippen molar-refractivity contribution < 1.29 is 0 Å². The van der Waals surface area contributed by atoms with Gasteiger partial charge in [0.2, 0.25) is 0 Å². The minimum absolute atomic E-state index is 0.136. The van der Waals surface area contributed by atoms with E-state index in [0.29, 0.717) is 0 Å². The molecule has 0 saturated carbocycles. The van der Waals surface area contributed by atoms with Crippen LogP contribution in [0.3, 0.4) is 0 Å². The van der Waals surface area contributed by atoms with Crippen molar-refractivity contribution >= 4 is 71.4 Å². The number of fused-ring (bicyclic) bond motifs is 2. The third kappa shape index (κ3) is 1.76. The molecular weight excluding hydrogens is 403 g/mol. The second kappa shape index (κ2) is 4.97. The molecule has 0 atom stereocenters. The normalized spacial score (nSPS) is 12.7. The van der Waals surface area contributed by atoms with E-state index in [1.54, 1.807) is 35.1 Å². The van der Waals surface area contributed by atoms with Gasteiger partial charge < -0.3 is 0 Å². The van der Waals surface area contributed by atoms with Gasteiger partial charge in [0.1, 0.15) is 0 Å². The van der Waals surface area contributed by atoms with Crippen molar-refractivity contribution in [1.82, 2.24) is 17.9 Å². The van der Waals surface area contributed by atoms with Crippen molar-refractivity contribution in [3.63, 3.8) is 0 Å². The summed E-state index contributed by atoms with van der Waals surface area (Å²) in [5.74, 6) is 0. The molecule has 0 saturated heterocycles. The predicted molar refractivity (Wildman–Crippen MR) is 90.2 cm³/mol. The van der Waals surface area contributed by atoms with Crippen molar-refractivity contribution in [2.75, 3.05) is 0 Å². The van der Waals surface area contributed by atoms with Gasteiger partial charge in [0, 0.05) is 0 Å². The van der Waals surface area contributed by atoms with Crippen LogP contribution in [0.4, 0.5) is 11.4 Å². The van der Waals surface area contributed by atoms with E-state index in [1.807, 2.05) is 10.8 Å². The van der Waals surface area contributed by atoms with Crippen LogP contribution in [0.1, 0.15) is 0 Å². The molecule has 0 N–H and O–H groups in total. The molecule has 106 valence electrons. The number of hydrogen-bond acceptors (Lipinski definition) is 8. The third-order valence-electron chi connectivity index (χ3n) is 3.22. The van der Waals surface area contributed by atoms with E-state index in [1.165, 1.54) is 11.4 Å². The van der Waals surface area contributed by atoms with Crippen LogP contribution in [-0.4, -0.2) is 32.9 Å². The van der Waals surface area contributed by atoms with Crippen LogP contribution >= 0.6 is 22.7 Å². The van der Waals surface area contributed by atoms with Gasteiger partial charge in [0.05, 0.1) is 0 Å². The first-order valence-corrected chi connectivity index (χ1v) is 10.2. The zero-order chi connectivity index (χ0) is 14.5. The van der Waals surface area contributed by atoms with Crippen LogP contribution in [0.15, 0.2) is 31.9 Å². The summed E-state index contributed by atoms with van der Waals surface area (Å²) < 4.78 is 18.3. The van der Waals surface area contributed by atoms with Crippen molar-refractivity contribution in [3.05, 3.63) is 23.2 Å². The average molecular weight is 407 g/mol. The Hall–Kier alpha value is -1.58. The van der Waals surface area contributed by atoms with Gasteiger partial charge in [-0.15, -0.1) is 0 Å². The summed E-state index contributed by atoms with van der Waals surface area (Å²) >= 11 is 4.23. The number of rotatable bonds is 2. The minimum atomic E-state index is -0.136. The standard InChI is InChI=1S/C12H4N6S3Se/c1-3-19-11(13-1)5-7-8(16-21-15-7)6(12-14-2-4-20-12)10-9(5)17-22-18-10/h1-4H. The summed E-state index contributed by atoms with van der Waals surface area (Å²) in [6, 6.07) is 0. The molecular formula is C12H4N6S3Se. The molecule has 1 aromatic carbocycles. The zero-order valence-corrected chi connectivity index (χ0v) is 14.8. The van der Waals surface area contributed by atoms with Gasteiger partial charge >= 0.3 is 142 Å². The molecule has 0 unspecified atom stereocenters. The zero-order valence-electron chi connectivity index (χ0n) is 10.6. The van der Waals surface area contributed by atoms with E-state index in [-0.39, 0.29) is 15.0 Å². The Labute approximate surface area is 142 Å². The van der Waals surface area contributed by atoms with Gasteiger partial charge in [-0.1, -0.05) is 0 Å². The van der Waals surface area contributed by atoms with E-state index < -0.39 is 0 Å². The summed E-state index contributed by atoms with van der Waals surface area (Å²) in [5, 5.41) is 5.74. The first kappa shape index (κ1) is 12.9. The van der Waals surface area contributed by atoms with Gasteiger partial charge in [-0.3, -0.25) is 0 Å². The topological polar surface area (TPSA) is 76.3 Å². The molecule has 1 aliphatic rings. The molecule has 0 aliphatic carbocycles. The molecule has 0 radical (unpaired) electrons. The van der Waals surface area contributed by atoms with Crippen molar-refractivity contribution in [3.8, 4) is 21.1 Å². The maximum atomic E-state index is 4.63. The van der Waals surface area contributed by atoms with E-state index in [9.17, 15) is 0 Å². The van der Waals surface area contributed by atoms with Crippen LogP contribution in [0, 0.1) is 0 Å². The number of nitrogens with zero attached hydrogens (tertiary/aromatic N) is 6. The molecule has 22 heavy (non-hydrogen) atoms. The Morgan fingerprint density at radius 3 is 1.77 bits per heavy atom. The van der Waals surface area contributed by atoms with Crippen LogP contribution in [0.2, 0.25) is 0 Å². The van der Waals surface area contributed by atoms with Gasteiger partial charge in [0.15, 0.2) is 0 Å². The van der Waals surface area contributed by atoms with Crippen LogP contribution in [-0.2, 0) is 11.4 Å². The summed E-state index contributed by atoms with van der Waals surface area (Å²) in [4.78, 5) is 8.87. The number of benzene rings is 1. The maximum absolute atomic E-state index is 4.63. The van der Waals surface area contributed by atoms with Crippen LogP contribution < -0.4 is 0 Å². The Morgan fingerprint density at radius 1 is 0.773 bits per heavy atom. The third-order valence-corrected chi connectivity index (χ3v) is 6.43. The Balaban J connectivity index is 1.97. The fourth-order valence-corrected chi connectivity index (χ4v) is 5.46. The summed E-state index contributed by atoms with van der Waals surface area (Å²) in [6.07, 6.45) is 3.59. The van der Waals surface area contributed by atoms with Gasteiger partial charge in [-0.25, -0.2) is 0 Å². The number of hydrogen-bond donors (Lipinski definition) is 0. The second-order valence-electron chi connectivity index (χ2n) is 4.35. The summed E-state index contributed by atoms with van der Waals surface area (Å²) in [7, 11) is 0. The fourth-order valence-electron chi connectivity index (χ4n) is 2.36. The molecule has 0 bridgehead atoms. The van der Waals surface area contributed by atoms with E-state index >= 15 is 0 Å². The average Bonchev–Trinajstić information content (AvgIpc) is 3.29. The molecule has 5 rings (SSSR count). The SMILES string of the molecule is c1csc(-c2c3c(c(-c4nccs4)c4n[se]nc24)N=S=N3)n1. The van der Waals surface area contributed by atoms with Gasteiger partial charge in [0.25, 0.3) is 0 Å². The molecule has 3 aromatic heterocycles. The predicted octanol–water partition coefficient (Wildman–Crippen LogP) is 3.66. The molecule has 6 nitrogen and oxygen atoms in total. The fraction of sp³-hybridized carbons (Fsp3) is 0. The van der Waals surface area contributed by atoms with E-state index in [0.717, 1.165) is 43.6 Å². The van der Waals surface area contributed by atoms with Gasteiger partial charge in [-0.2, -0.15) is 0 Å². The number of thiazole rings is 2. The van der Waals surface area contributed by atoms with Crippen LogP contribution in [0.25, 0.3) is 32.2 Å². The van der Waals surface area contributed by atoms with Crippen LogP contribution in [0.5, 0.6) is 0 Å². The quantitative estimate of drug-likeness (QED) is 0.419. The molecule has 4 heterocycles. The van der Waals surface area contributed by atoms with Crippen molar-refractivity contribution in [2.24, 2.45) is 8.73 Å². The molecule has 0 fully saturated rings. The van der Waals surface area contributed by atoms with Crippen molar-refractivity contribution in [1.29, 1.82) is 0 Å². The first-order valence-electron chi connectivity index (χ1n) is 6.13. The molecule has 4 aromatic rings. The second-order valence-corrected chi connectivity index (χ2v) is 7.77. The Kier molecular flexibility index (Phi) is 2.92. The van der Waals surface area contributed by atoms with Crippen molar-refractivity contribution in [2.45, 2.75) is 0 Å². The van der Waals surface area contributed by atoms with E-state index in [2.05, 4.69) is 26.7 Å². The Morgan fingerprint density at radius 2 is 1.32 bits per heavy atom. The van der Waals surface area contributed by atoms with Gasteiger partial charge in [-0.05, 0) is 0 Å². The summed E-state index contributed by atoms with van der Waals surface area (Å²) in [6.45, 7) is 0.